The highest BCUT2D eigenvalue weighted by Crippen LogP contribution is 2.25. The monoisotopic (exact) mass is 352 g/mol. The van der Waals surface area contributed by atoms with E-state index in [1.165, 1.54) is 43.4 Å². The molecule has 0 aliphatic heterocycles. The van der Waals surface area contributed by atoms with Gasteiger partial charge in [0.1, 0.15) is 5.82 Å². The van der Waals surface area contributed by atoms with Crippen LogP contribution in [-0.2, 0) is 6.42 Å². The first-order valence-corrected chi connectivity index (χ1v) is 9.38. The van der Waals surface area contributed by atoms with Crippen LogP contribution in [0.1, 0.15) is 45.1 Å². The maximum Gasteiger partial charge on any atom is 0.248 e. The molecule has 0 saturated carbocycles. The normalized spacial score (nSPS) is 11.2. The van der Waals surface area contributed by atoms with Gasteiger partial charge in [0.2, 0.25) is 11.8 Å². The van der Waals surface area contributed by atoms with Gasteiger partial charge in [0, 0.05) is 11.1 Å². The van der Waals surface area contributed by atoms with E-state index in [2.05, 4.69) is 36.2 Å². The molecule has 3 aromatic rings. The zero-order chi connectivity index (χ0) is 18.4. The third-order valence-corrected chi connectivity index (χ3v) is 4.95. The fraction of sp³-hybridized carbons (Fsp3) is 0.364. The Balaban J connectivity index is 1.63. The number of aromatic nitrogens is 2. The van der Waals surface area contributed by atoms with E-state index >= 15 is 0 Å². The summed E-state index contributed by atoms with van der Waals surface area (Å²) in [7, 11) is 0. The molecule has 0 unspecified atom stereocenters. The molecule has 3 rings (SSSR count). The third kappa shape index (κ3) is 4.57. The van der Waals surface area contributed by atoms with Gasteiger partial charge in [-0.05, 0) is 60.7 Å². The number of benzene rings is 2. The minimum absolute atomic E-state index is 0.284. The van der Waals surface area contributed by atoms with Crippen LogP contribution in [-0.4, -0.2) is 10.2 Å². The Kier molecular flexibility index (Phi) is 6.16. The van der Waals surface area contributed by atoms with Gasteiger partial charge < -0.3 is 4.42 Å². The van der Waals surface area contributed by atoms with Crippen molar-refractivity contribution in [2.24, 2.45) is 5.92 Å². The highest BCUT2D eigenvalue weighted by molar-refractivity contribution is 5.58. The van der Waals surface area contributed by atoms with Gasteiger partial charge in [0.05, 0.1) is 0 Å². The van der Waals surface area contributed by atoms with Gasteiger partial charge in [0.15, 0.2) is 0 Å². The van der Waals surface area contributed by atoms with Crippen molar-refractivity contribution in [3.63, 3.8) is 0 Å². The van der Waals surface area contributed by atoms with Crippen LogP contribution in [0.2, 0.25) is 0 Å². The Morgan fingerprint density at radius 2 is 1.38 bits per heavy atom. The molecule has 1 heterocycles. The van der Waals surface area contributed by atoms with E-state index in [9.17, 15) is 4.39 Å². The summed E-state index contributed by atoms with van der Waals surface area (Å²) in [4.78, 5) is 0. The van der Waals surface area contributed by atoms with Crippen LogP contribution in [0.25, 0.3) is 22.9 Å². The number of nitrogens with zero attached hydrogens (tertiary/aromatic N) is 2. The summed E-state index contributed by atoms with van der Waals surface area (Å²) < 4.78 is 18.7. The second-order valence-corrected chi connectivity index (χ2v) is 6.69. The molecule has 0 N–H and O–H groups in total. The Hall–Kier alpha value is -2.49. The van der Waals surface area contributed by atoms with Gasteiger partial charge in [-0.2, -0.15) is 0 Å². The number of rotatable bonds is 8. The molecule has 3 nitrogen and oxygen atoms in total. The molecule has 0 amide bonds. The lowest BCUT2D eigenvalue weighted by atomic mass is 9.95. The molecular formula is C22H25FN2O. The molecule has 0 atom stereocenters. The highest BCUT2D eigenvalue weighted by Gasteiger charge is 2.11. The molecule has 4 heteroatoms. The average molecular weight is 352 g/mol. The average Bonchev–Trinajstić information content (AvgIpc) is 3.16. The first-order valence-electron chi connectivity index (χ1n) is 9.38. The van der Waals surface area contributed by atoms with Crippen LogP contribution in [0.3, 0.4) is 0 Å². The molecule has 2 aromatic carbocycles. The van der Waals surface area contributed by atoms with E-state index in [0.29, 0.717) is 17.3 Å². The quantitative estimate of drug-likeness (QED) is 0.477. The SMILES string of the molecule is CCC(CC)CCCc1ccc(-c2nnc(-c3ccc(F)cc3)o2)cc1. The predicted molar refractivity (Wildman–Crippen MR) is 102 cm³/mol. The summed E-state index contributed by atoms with van der Waals surface area (Å²) in [6.07, 6.45) is 6.15. The zero-order valence-electron chi connectivity index (χ0n) is 15.4. The molecule has 0 fully saturated rings. The minimum Gasteiger partial charge on any atom is -0.416 e. The lowest BCUT2D eigenvalue weighted by Crippen LogP contribution is -1.97. The molecule has 1 aromatic heterocycles. The van der Waals surface area contributed by atoms with Gasteiger partial charge in [0.25, 0.3) is 0 Å². The summed E-state index contributed by atoms with van der Waals surface area (Å²) in [5.74, 6) is 1.44. The lowest BCUT2D eigenvalue weighted by molar-refractivity contribution is 0.441. The molecule has 0 spiro atoms. The predicted octanol–water partition coefficient (Wildman–Crippen LogP) is 6.30. The van der Waals surface area contributed by atoms with Crippen LogP contribution in [0.5, 0.6) is 0 Å². The smallest absolute Gasteiger partial charge is 0.248 e. The van der Waals surface area contributed by atoms with Crippen molar-refractivity contribution in [2.45, 2.75) is 46.0 Å². The maximum atomic E-state index is 13.0. The topological polar surface area (TPSA) is 38.9 Å². The highest BCUT2D eigenvalue weighted by atomic mass is 19.1. The van der Waals surface area contributed by atoms with Gasteiger partial charge >= 0.3 is 0 Å². The third-order valence-electron chi connectivity index (χ3n) is 4.95. The summed E-state index contributed by atoms with van der Waals surface area (Å²) in [6.45, 7) is 4.54. The summed E-state index contributed by atoms with van der Waals surface area (Å²) in [5, 5.41) is 8.18. The summed E-state index contributed by atoms with van der Waals surface area (Å²) in [5.41, 5.74) is 2.94. The van der Waals surface area contributed by atoms with Crippen molar-refractivity contribution in [1.29, 1.82) is 0 Å². The molecule has 0 saturated heterocycles. The number of halogens is 1. The minimum atomic E-state index is -0.284. The second-order valence-electron chi connectivity index (χ2n) is 6.69. The van der Waals surface area contributed by atoms with Gasteiger partial charge in [-0.1, -0.05) is 45.2 Å². The molecule has 0 bridgehead atoms. The summed E-state index contributed by atoms with van der Waals surface area (Å²) >= 11 is 0. The summed E-state index contributed by atoms with van der Waals surface area (Å²) in [6, 6.07) is 14.3. The number of aryl methyl sites for hydroxylation is 1. The molecule has 0 aliphatic rings. The molecule has 0 aliphatic carbocycles. The van der Waals surface area contributed by atoms with E-state index in [-0.39, 0.29) is 5.82 Å². The van der Waals surface area contributed by atoms with Crippen LogP contribution in [0.15, 0.2) is 52.9 Å². The van der Waals surface area contributed by atoms with Crippen LogP contribution >= 0.6 is 0 Å². The van der Waals surface area contributed by atoms with E-state index in [0.717, 1.165) is 17.9 Å². The second kappa shape index (κ2) is 8.75. The molecule has 26 heavy (non-hydrogen) atoms. The maximum absolute atomic E-state index is 13.0. The van der Waals surface area contributed by atoms with E-state index in [1.807, 2.05) is 12.1 Å². The van der Waals surface area contributed by atoms with Crippen molar-refractivity contribution in [2.75, 3.05) is 0 Å². The fourth-order valence-corrected chi connectivity index (χ4v) is 3.15. The van der Waals surface area contributed by atoms with Crippen molar-refractivity contribution < 1.29 is 8.81 Å². The Morgan fingerprint density at radius 1 is 0.846 bits per heavy atom. The van der Waals surface area contributed by atoms with Gasteiger partial charge in [-0.15, -0.1) is 10.2 Å². The fourth-order valence-electron chi connectivity index (χ4n) is 3.15. The Labute approximate surface area is 154 Å². The van der Waals surface area contributed by atoms with E-state index in [1.54, 1.807) is 12.1 Å². The van der Waals surface area contributed by atoms with Crippen molar-refractivity contribution in [1.82, 2.24) is 10.2 Å². The van der Waals surface area contributed by atoms with Crippen LogP contribution < -0.4 is 0 Å². The Morgan fingerprint density at radius 3 is 1.92 bits per heavy atom. The molecular weight excluding hydrogens is 327 g/mol. The standard InChI is InChI=1S/C22H25FN2O/c1-3-16(4-2)6-5-7-17-8-10-18(11-9-17)21-24-25-22(26-21)19-12-14-20(23)15-13-19/h8-16H,3-7H2,1-2H3. The van der Waals surface area contributed by atoms with E-state index < -0.39 is 0 Å². The lowest BCUT2D eigenvalue weighted by Gasteiger charge is -2.11. The van der Waals surface area contributed by atoms with Gasteiger partial charge in [-0.3, -0.25) is 0 Å². The molecule has 0 radical (unpaired) electrons. The largest absolute Gasteiger partial charge is 0.416 e. The Bertz CT molecular complexity index is 805. The number of hydrogen-bond acceptors (Lipinski definition) is 3. The van der Waals surface area contributed by atoms with Crippen LogP contribution in [0.4, 0.5) is 4.39 Å². The van der Waals surface area contributed by atoms with Crippen molar-refractivity contribution >= 4 is 0 Å². The zero-order valence-corrected chi connectivity index (χ0v) is 15.4. The van der Waals surface area contributed by atoms with Crippen LogP contribution in [0, 0.1) is 11.7 Å². The van der Waals surface area contributed by atoms with Crippen molar-refractivity contribution in [3.8, 4) is 22.9 Å². The first-order chi connectivity index (χ1) is 12.7. The number of hydrogen-bond donors (Lipinski definition) is 0. The first kappa shape index (κ1) is 18.3. The van der Waals surface area contributed by atoms with E-state index in [4.69, 9.17) is 4.42 Å². The van der Waals surface area contributed by atoms with Gasteiger partial charge in [-0.25, -0.2) is 4.39 Å². The van der Waals surface area contributed by atoms with Crippen molar-refractivity contribution in [3.05, 3.63) is 59.9 Å². The molecule has 136 valence electrons.